The lowest BCUT2D eigenvalue weighted by Gasteiger charge is -2.08. The Labute approximate surface area is 145 Å². The summed E-state index contributed by atoms with van der Waals surface area (Å²) < 4.78 is 0.899. The fourth-order valence-corrected chi connectivity index (χ4v) is 2.88. The van der Waals surface area contributed by atoms with Crippen LogP contribution in [0.3, 0.4) is 0 Å². The Balaban J connectivity index is 1.85. The number of benzene rings is 2. The minimum Gasteiger partial charge on any atom is -0.284 e. The van der Waals surface area contributed by atoms with Gasteiger partial charge in [0.2, 0.25) is 0 Å². The van der Waals surface area contributed by atoms with E-state index in [2.05, 4.69) is 51.2 Å². The third-order valence-electron chi connectivity index (χ3n) is 3.58. The summed E-state index contributed by atoms with van der Waals surface area (Å²) in [5.74, 6) is 0. The molecule has 0 atom stereocenters. The molecule has 2 nitrogen and oxygen atoms in total. The van der Waals surface area contributed by atoms with Crippen molar-refractivity contribution in [2.75, 3.05) is 6.54 Å². The second-order valence-electron chi connectivity index (χ2n) is 5.17. The minimum atomic E-state index is 0.726. The van der Waals surface area contributed by atoms with E-state index >= 15 is 0 Å². The molecule has 0 aliphatic rings. The number of nitrogens with zero attached hydrogens (tertiary/aromatic N) is 2. The third-order valence-corrected chi connectivity index (χ3v) is 4.30. The number of rotatable bonds is 5. The average molecular weight is 365 g/mol. The summed E-state index contributed by atoms with van der Waals surface area (Å²) in [6.45, 7) is 0.726. The van der Waals surface area contributed by atoms with Gasteiger partial charge in [-0.1, -0.05) is 66.7 Å². The number of aromatic nitrogens is 1. The van der Waals surface area contributed by atoms with Crippen molar-refractivity contribution in [3.63, 3.8) is 0 Å². The second kappa shape index (κ2) is 7.84. The fourth-order valence-electron chi connectivity index (χ4n) is 2.44. The fraction of sp³-hybridized carbons (Fsp3) is 0.100. The van der Waals surface area contributed by atoms with Crippen molar-refractivity contribution >= 4 is 21.6 Å². The number of hydrogen-bond acceptors (Lipinski definition) is 2. The van der Waals surface area contributed by atoms with Crippen molar-refractivity contribution in [3.05, 3.63) is 100 Å². The van der Waals surface area contributed by atoms with Crippen LogP contribution in [-0.4, -0.2) is 17.2 Å². The molecule has 0 fully saturated rings. The van der Waals surface area contributed by atoms with Crippen molar-refractivity contribution in [3.8, 4) is 0 Å². The lowest BCUT2D eigenvalue weighted by Crippen LogP contribution is -2.05. The molecule has 3 rings (SSSR count). The molecule has 0 aliphatic heterocycles. The number of pyridine rings is 1. The van der Waals surface area contributed by atoms with Gasteiger partial charge in [-0.15, -0.1) is 0 Å². The molecular weight excluding hydrogens is 348 g/mol. The molecule has 0 N–H and O–H groups in total. The largest absolute Gasteiger partial charge is 0.284 e. The highest BCUT2D eigenvalue weighted by atomic mass is 79.9. The standard InChI is InChI=1S/C20H17BrN2/c21-20-18(12-7-14-23-20)13-15-22-19(16-8-3-1-4-9-16)17-10-5-2-6-11-17/h1-12,14H,13,15H2. The van der Waals surface area contributed by atoms with Gasteiger partial charge in [0.25, 0.3) is 0 Å². The van der Waals surface area contributed by atoms with Gasteiger partial charge in [0.1, 0.15) is 4.60 Å². The van der Waals surface area contributed by atoms with E-state index in [9.17, 15) is 0 Å². The first-order chi connectivity index (χ1) is 11.3. The minimum absolute atomic E-state index is 0.726. The summed E-state index contributed by atoms with van der Waals surface area (Å²) >= 11 is 3.49. The van der Waals surface area contributed by atoms with Gasteiger partial charge in [-0.2, -0.15) is 0 Å². The zero-order valence-electron chi connectivity index (χ0n) is 12.7. The Morgan fingerprint density at radius 2 is 1.43 bits per heavy atom. The molecule has 0 bridgehead atoms. The summed E-state index contributed by atoms with van der Waals surface area (Å²) in [7, 11) is 0. The van der Waals surface area contributed by atoms with Crippen LogP contribution in [0.25, 0.3) is 0 Å². The summed E-state index contributed by atoms with van der Waals surface area (Å²) in [4.78, 5) is 9.13. The van der Waals surface area contributed by atoms with Gasteiger partial charge in [-0.05, 0) is 34.0 Å². The molecule has 0 radical (unpaired) electrons. The van der Waals surface area contributed by atoms with Gasteiger partial charge in [-0.25, -0.2) is 4.98 Å². The smallest absolute Gasteiger partial charge is 0.109 e. The molecule has 1 heterocycles. The van der Waals surface area contributed by atoms with Crippen molar-refractivity contribution in [2.24, 2.45) is 4.99 Å². The van der Waals surface area contributed by atoms with Crippen molar-refractivity contribution in [1.82, 2.24) is 4.98 Å². The first-order valence-electron chi connectivity index (χ1n) is 7.59. The highest BCUT2D eigenvalue weighted by molar-refractivity contribution is 9.10. The van der Waals surface area contributed by atoms with Gasteiger partial charge in [0.05, 0.1) is 5.71 Å². The van der Waals surface area contributed by atoms with Crippen molar-refractivity contribution in [1.29, 1.82) is 0 Å². The molecule has 0 unspecified atom stereocenters. The van der Waals surface area contributed by atoms with Crippen LogP contribution >= 0.6 is 15.9 Å². The van der Waals surface area contributed by atoms with Crippen molar-refractivity contribution in [2.45, 2.75) is 6.42 Å². The maximum Gasteiger partial charge on any atom is 0.109 e. The summed E-state index contributed by atoms with van der Waals surface area (Å²) in [6, 6.07) is 24.7. The number of hydrogen-bond donors (Lipinski definition) is 0. The van der Waals surface area contributed by atoms with Gasteiger partial charge in [0.15, 0.2) is 0 Å². The summed E-state index contributed by atoms with van der Waals surface area (Å²) in [5.41, 5.74) is 4.50. The molecule has 3 aromatic rings. The molecule has 1 aromatic heterocycles. The molecule has 0 saturated heterocycles. The van der Waals surface area contributed by atoms with Crippen LogP contribution in [0.4, 0.5) is 0 Å². The Morgan fingerprint density at radius 1 is 0.826 bits per heavy atom. The predicted molar refractivity (Wildman–Crippen MR) is 99.0 cm³/mol. The zero-order valence-corrected chi connectivity index (χ0v) is 14.3. The zero-order chi connectivity index (χ0) is 15.9. The topological polar surface area (TPSA) is 25.2 Å². The van der Waals surface area contributed by atoms with Crippen LogP contribution in [0.15, 0.2) is 88.6 Å². The quantitative estimate of drug-likeness (QED) is 0.465. The van der Waals surface area contributed by atoms with E-state index in [0.29, 0.717) is 0 Å². The first-order valence-corrected chi connectivity index (χ1v) is 8.38. The highest BCUT2D eigenvalue weighted by Gasteiger charge is 2.06. The van der Waals surface area contributed by atoms with Crippen LogP contribution in [0.5, 0.6) is 0 Å². The SMILES string of the molecule is Brc1ncccc1CCN=C(c1ccccc1)c1ccccc1. The predicted octanol–water partition coefficient (Wildman–Crippen LogP) is 4.92. The maximum atomic E-state index is 4.87. The normalized spacial score (nSPS) is 10.3. The Kier molecular flexibility index (Phi) is 5.33. The van der Waals surface area contributed by atoms with Gasteiger partial charge >= 0.3 is 0 Å². The van der Waals surface area contributed by atoms with E-state index in [-0.39, 0.29) is 0 Å². The lowest BCUT2D eigenvalue weighted by molar-refractivity contribution is 0.949. The van der Waals surface area contributed by atoms with E-state index < -0.39 is 0 Å². The van der Waals surface area contributed by atoms with Crippen LogP contribution < -0.4 is 0 Å². The first kappa shape index (κ1) is 15.6. The van der Waals surface area contributed by atoms with E-state index in [1.807, 2.05) is 42.5 Å². The van der Waals surface area contributed by atoms with Gasteiger partial charge in [0, 0.05) is 23.9 Å². The van der Waals surface area contributed by atoms with E-state index in [1.165, 1.54) is 5.56 Å². The van der Waals surface area contributed by atoms with Crippen LogP contribution in [0.1, 0.15) is 16.7 Å². The summed E-state index contributed by atoms with van der Waals surface area (Å²) in [6.07, 6.45) is 2.65. The molecule has 0 saturated carbocycles. The second-order valence-corrected chi connectivity index (χ2v) is 5.92. The molecule has 0 amide bonds. The molecule has 0 aliphatic carbocycles. The number of aliphatic imine (C=N–C) groups is 1. The lowest BCUT2D eigenvalue weighted by atomic mass is 10.0. The molecular formula is C20H17BrN2. The van der Waals surface area contributed by atoms with Gasteiger partial charge < -0.3 is 0 Å². The van der Waals surface area contributed by atoms with Crippen LogP contribution in [-0.2, 0) is 6.42 Å². The van der Waals surface area contributed by atoms with Gasteiger partial charge in [-0.3, -0.25) is 4.99 Å². The summed E-state index contributed by atoms with van der Waals surface area (Å²) in [5, 5.41) is 0. The molecule has 0 spiro atoms. The Morgan fingerprint density at radius 3 is 2.00 bits per heavy atom. The molecule has 2 aromatic carbocycles. The average Bonchev–Trinajstić information content (AvgIpc) is 2.62. The maximum absolute atomic E-state index is 4.87. The number of halogens is 1. The highest BCUT2D eigenvalue weighted by Crippen LogP contribution is 2.15. The molecule has 114 valence electrons. The van der Waals surface area contributed by atoms with Crippen LogP contribution in [0.2, 0.25) is 0 Å². The van der Waals surface area contributed by atoms with Crippen LogP contribution in [0, 0.1) is 0 Å². The van der Waals surface area contributed by atoms with Crippen molar-refractivity contribution < 1.29 is 0 Å². The third kappa shape index (κ3) is 4.14. The van der Waals surface area contributed by atoms with E-state index in [1.54, 1.807) is 6.20 Å². The monoisotopic (exact) mass is 364 g/mol. The van der Waals surface area contributed by atoms with E-state index in [4.69, 9.17) is 4.99 Å². The Hall–Kier alpha value is -2.26. The Bertz CT molecular complexity index is 742. The molecule has 23 heavy (non-hydrogen) atoms. The molecule has 3 heteroatoms. The van der Waals surface area contributed by atoms with E-state index in [0.717, 1.165) is 34.4 Å².